The molecular formula is C27H26FN3O. The van der Waals surface area contributed by atoms with Crippen LogP contribution in [-0.2, 0) is 4.79 Å². The summed E-state index contributed by atoms with van der Waals surface area (Å²) in [5.41, 5.74) is 6.81. The van der Waals surface area contributed by atoms with E-state index in [0.29, 0.717) is 12.8 Å². The summed E-state index contributed by atoms with van der Waals surface area (Å²) in [6.07, 6.45) is 1.12. The van der Waals surface area contributed by atoms with Gasteiger partial charge >= 0.3 is 0 Å². The fourth-order valence-corrected chi connectivity index (χ4v) is 4.68. The zero-order valence-electron chi connectivity index (χ0n) is 18.2. The molecule has 0 saturated heterocycles. The highest BCUT2D eigenvalue weighted by Gasteiger charge is 2.36. The van der Waals surface area contributed by atoms with Crippen molar-refractivity contribution in [3.05, 3.63) is 101 Å². The van der Waals surface area contributed by atoms with Gasteiger partial charge in [0, 0.05) is 37.5 Å². The van der Waals surface area contributed by atoms with Crippen molar-refractivity contribution in [1.82, 2.24) is 0 Å². The summed E-state index contributed by atoms with van der Waals surface area (Å²) in [5.74, 6) is -0.116. The second kappa shape index (κ2) is 8.15. The van der Waals surface area contributed by atoms with Crippen molar-refractivity contribution >= 4 is 22.8 Å². The van der Waals surface area contributed by atoms with Gasteiger partial charge in [-0.3, -0.25) is 4.79 Å². The maximum absolute atomic E-state index is 13.5. The van der Waals surface area contributed by atoms with Crippen molar-refractivity contribution in [2.24, 2.45) is 0 Å². The number of hydrogen-bond donors (Lipinski definition) is 2. The summed E-state index contributed by atoms with van der Waals surface area (Å²) < 4.78 is 13.4. The molecule has 2 aliphatic rings. The Morgan fingerprint density at radius 3 is 2.19 bits per heavy atom. The number of fused-ring (bicyclic) bond motifs is 1. The molecule has 0 radical (unpaired) electrons. The molecular weight excluding hydrogens is 401 g/mol. The zero-order valence-corrected chi connectivity index (χ0v) is 18.2. The average molecular weight is 428 g/mol. The van der Waals surface area contributed by atoms with Crippen LogP contribution in [0, 0.1) is 5.82 Å². The number of Topliss-reactive ketones (excluding diaryl/α,β-unsaturated/α-hetero) is 1. The number of rotatable bonds is 3. The fourth-order valence-electron chi connectivity index (χ4n) is 4.68. The lowest BCUT2D eigenvalue weighted by Crippen LogP contribution is -2.27. The van der Waals surface area contributed by atoms with Gasteiger partial charge in [0.15, 0.2) is 5.78 Å². The van der Waals surface area contributed by atoms with Gasteiger partial charge in [0.1, 0.15) is 5.82 Å². The Balaban J connectivity index is 1.58. The van der Waals surface area contributed by atoms with Crippen molar-refractivity contribution in [1.29, 1.82) is 0 Å². The van der Waals surface area contributed by atoms with Crippen LogP contribution in [0.2, 0.25) is 0 Å². The molecule has 32 heavy (non-hydrogen) atoms. The van der Waals surface area contributed by atoms with Crippen LogP contribution in [-0.4, -0.2) is 19.9 Å². The van der Waals surface area contributed by atoms with Crippen LogP contribution in [0.5, 0.6) is 0 Å². The Bertz CT molecular complexity index is 1180. The standard InChI is InChI=1S/C27H26FN3O/c1-31(2)21-13-9-18(10-14-21)27-26-24(29-22-5-3-4-6-23(22)30-27)15-19(16-25(26)32)17-7-11-20(28)12-8-17/h3-14,19,27,29-30H,15-16H2,1-2H3/t19-,27-/m1/s1. The molecule has 162 valence electrons. The number of benzene rings is 3. The van der Waals surface area contributed by atoms with Gasteiger partial charge in [-0.2, -0.15) is 0 Å². The quantitative estimate of drug-likeness (QED) is 0.549. The molecule has 3 aromatic rings. The van der Waals surface area contributed by atoms with Gasteiger partial charge in [-0.25, -0.2) is 4.39 Å². The molecule has 1 aliphatic heterocycles. The molecule has 0 amide bonds. The summed E-state index contributed by atoms with van der Waals surface area (Å²) in [4.78, 5) is 15.6. The van der Waals surface area contributed by atoms with E-state index in [4.69, 9.17) is 0 Å². The van der Waals surface area contributed by atoms with Crippen LogP contribution in [0.25, 0.3) is 0 Å². The van der Waals surface area contributed by atoms with Gasteiger partial charge < -0.3 is 15.5 Å². The van der Waals surface area contributed by atoms with E-state index in [1.165, 1.54) is 12.1 Å². The van der Waals surface area contributed by atoms with Gasteiger partial charge in [-0.1, -0.05) is 36.4 Å². The number of nitrogens with zero attached hydrogens (tertiary/aromatic N) is 1. The lowest BCUT2D eigenvalue weighted by molar-refractivity contribution is -0.116. The third kappa shape index (κ3) is 3.75. The predicted molar refractivity (Wildman–Crippen MR) is 128 cm³/mol. The summed E-state index contributed by atoms with van der Waals surface area (Å²) in [6, 6.07) is 22.7. The van der Waals surface area contributed by atoms with E-state index in [2.05, 4.69) is 39.8 Å². The van der Waals surface area contributed by atoms with Crippen molar-refractivity contribution in [3.63, 3.8) is 0 Å². The van der Waals surface area contributed by atoms with Gasteiger partial charge in [-0.05, 0) is 59.9 Å². The normalized spacial score (nSPS) is 19.9. The highest BCUT2D eigenvalue weighted by molar-refractivity contribution is 6.01. The third-order valence-corrected chi connectivity index (χ3v) is 6.39. The van der Waals surface area contributed by atoms with E-state index in [-0.39, 0.29) is 23.6 Å². The molecule has 5 heteroatoms. The van der Waals surface area contributed by atoms with Crippen LogP contribution in [0.15, 0.2) is 84.1 Å². The van der Waals surface area contributed by atoms with Crippen molar-refractivity contribution in [3.8, 4) is 0 Å². The first-order valence-electron chi connectivity index (χ1n) is 10.9. The smallest absolute Gasteiger partial charge is 0.163 e. The predicted octanol–water partition coefficient (Wildman–Crippen LogP) is 5.87. The highest BCUT2D eigenvalue weighted by atomic mass is 19.1. The second-order valence-electron chi connectivity index (χ2n) is 8.71. The monoisotopic (exact) mass is 427 g/mol. The number of nitrogens with one attached hydrogen (secondary N) is 2. The minimum absolute atomic E-state index is 0.0244. The second-order valence-corrected chi connectivity index (χ2v) is 8.71. The number of carbonyl (C=O) groups is 1. The number of carbonyl (C=O) groups excluding carboxylic acids is 1. The molecule has 0 spiro atoms. The largest absolute Gasteiger partial charge is 0.378 e. The Hall–Kier alpha value is -3.60. The zero-order chi connectivity index (χ0) is 22.2. The van der Waals surface area contributed by atoms with Crippen molar-refractivity contribution in [2.45, 2.75) is 24.8 Å². The molecule has 2 atom stereocenters. The van der Waals surface area contributed by atoms with E-state index in [1.807, 2.05) is 38.4 Å². The Morgan fingerprint density at radius 1 is 0.844 bits per heavy atom. The first kappa shape index (κ1) is 20.3. The lowest BCUT2D eigenvalue weighted by Gasteiger charge is -2.30. The van der Waals surface area contributed by atoms with Gasteiger partial charge in [-0.15, -0.1) is 0 Å². The van der Waals surface area contributed by atoms with E-state index >= 15 is 0 Å². The minimum Gasteiger partial charge on any atom is -0.378 e. The highest BCUT2D eigenvalue weighted by Crippen LogP contribution is 2.44. The Kier molecular flexibility index (Phi) is 5.17. The number of allylic oxidation sites excluding steroid dienone is 1. The molecule has 0 saturated carbocycles. The summed E-state index contributed by atoms with van der Waals surface area (Å²) >= 11 is 0. The number of ketones is 1. The average Bonchev–Trinajstić information content (AvgIpc) is 2.96. The van der Waals surface area contributed by atoms with Crippen LogP contribution in [0.4, 0.5) is 21.5 Å². The molecule has 2 N–H and O–H groups in total. The van der Waals surface area contributed by atoms with E-state index in [0.717, 1.165) is 39.5 Å². The first-order valence-corrected chi connectivity index (χ1v) is 10.9. The van der Waals surface area contributed by atoms with Gasteiger partial charge in [0.05, 0.1) is 17.4 Å². The molecule has 0 fully saturated rings. The van der Waals surface area contributed by atoms with E-state index in [9.17, 15) is 9.18 Å². The maximum atomic E-state index is 13.5. The fraction of sp³-hybridized carbons (Fsp3) is 0.222. The number of halogens is 1. The molecule has 5 rings (SSSR count). The van der Waals surface area contributed by atoms with Crippen LogP contribution < -0.4 is 15.5 Å². The molecule has 0 bridgehead atoms. The number of anilines is 3. The molecule has 4 nitrogen and oxygen atoms in total. The maximum Gasteiger partial charge on any atom is 0.163 e. The van der Waals surface area contributed by atoms with Crippen LogP contribution in [0.1, 0.15) is 35.9 Å². The minimum atomic E-state index is -0.261. The van der Waals surface area contributed by atoms with Gasteiger partial charge in [0.2, 0.25) is 0 Å². The summed E-state index contributed by atoms with van der Waals surface area (Å²) in [5, 5.41) is 7.16. The van der Waals surface area contributed by atoms with Crippen molar-refractivity contribution in [2.75, 3.05) is 29.6 Å². The topological polar surface area (TPSA) is 44.4 Å². The van der Waals surface area contributed by atoms with Crippen LogP contribution >= 0.6 is 0 Å². The lowest BCUT2D eigenvalue weighted by atomic mass is 9.78. The summed E-state index contributed by atoms with van der Waals surface area (Å²) in [6.45, 7) is 0. The number of hydrogen-bond acceptors (Lipinski definition) is 4. The third-order valence-electron chi connectivity index (χ3n) is 6.39. The van der Waals surface area contributed by atoms with E-state index < -0.39 is 0 Å². The Labute approximate surface area is 187 Å². The van der Waals surface area contributed by atoms with Gasteiger partial charge in [0.25, 0.3) is 0 Å². The van der Waals surface area contributed by atoms with E-state index in [1.54, 1.807) is 12.1 Å². The SMILES string of the molecule is CN(C)c1ccc([C@H]2Nc3ccccc3NC3=C2C(=O)C[C@H](c2ccc(F)cc2)C3)cc1. The molecule has 1 aliphatic carbocycles. The Morgan fingerprint density at radius 2 is 1.50 bits per heavy atom. The summed E-state index contributed by atoms with van der Waals surface area (Å²) in [7, 11) is 4.03. The molecule has 1 heterocycles. The number of para-hydroxylation sites is 2. The molecule has 0 aromatic heterocycles. The molecule has 3 aromatic carbocycles. The van der Waals surface area contributed by atoms with Crippen molar-refractivity contribution < 1.29 is 9.18 Å². The first-order chi connectivity index (χ1) is 15.5. The van der Waals surface area contributed by atoms with Crippen LogP contribution in [0.3, 0.4) is 0 Å². The molecule has 0 unspecified atom stereocenters.